The van der Waals surface area contributed by atoms with Crippen LogP contribution in [0, 0.1) is 0 Å². The van der Waals surface area contributed by atoms with Crippen molar-refractivity contribution >= 4 is 34.3 Å². The Balaban J connectivity index is 3.05. The number of hydrogen-bond acceptors (Lipinski definition) is 5. The first kappa shape index (κ1) is 20.0. The minimum atomic E-state index is 0.138. The first-order valence-corrected chi connectivity index (χ1v) is 10.2. The second-order valence-electron chi connectivity index (χ2n) is 4.74. The number of rotatable bonds is 10. The van der Waals surface area contributed by atoms with E-state index >= 15 is 0 Å². The van der Waals surface area contributed by atoms with Gasteiger partial charge in [0.1, 0.15) is 5.75 Å². The van der Waals surface area contributed by atoms with Crippen molar-refractivity contribution in [2.45, 2.75) is 27.2 Å². The van der Waals surface area contributed by atoms with Gasteiger partial charge in [-0.3, -0.25) is 4.79 Å². The van der Waals surface area contributed by atoms with Crippen molar-refractivity contribution in [2.75, 3.05) is 35.8 Å². The Morgan fingerprint density at radius 2 is 2.04 bits per heavy atom. The first-order chi connectivity index (χ1) is 11.2. The predicted octanol–water partition coefficient (Wildman–Crippen LogP) is 4.83. The van der Waals surface area contributed by atoms with Crippen LogP contribution in [0.15, 0.2) is 36.0 Å². The molecule has 0 aliphatic heterocycles. The van der Waals surface area contributed by atoms with Gasteiger partial charge in [0.2, 0.25) is 5.12 Å². The normalized spacial score (nSPS) is 11.4. The quantitative estimate of drug-likeness (QED) is 0.444. The summed E-state index contributed by atoms with van der Waals surface area (Å²) in [5, 5.41) is 0.138. The molecule has 0 saturated carbocycles. The molecule has 0 aliphatic rings. The highest BCUT2D eigenvalue weighted by Gasteiger charge is 2.18. The standard InChI is InChI=1S/C18H27NO2S2/c1-5-19(15-10-8-11-16(14-15)21-4)17(18(20)23-7-3)12-9-13-22-6-2/h8,10-12,14H,5-7,9,13H2,1-4H3/b17-12+. The molecule has 0 fully saturated rings. The maximum absolute atomic E-state index is 12.6. The second-order valence-corrected chi connectivity index (χ2v) is 7.37. The minimum absolute atomic E-state index is 0.138. The van der Waals surface area contributed by atoms with Gasteiger partial charge >= 0.3 is 0 Å². The zero-order chi connectivity index (χ0) is 17.1. The highest BCUT2D eigenvalue weighted by molar-refractivity contribution is 8.14. The Hall–Kier alpha value is -1.07. The van der Waals surface area contributed by atoms with E-state index < -0.39 is 0 Å². The fourth-order valence-electron chi connectivity index (χ4n) is 2.20. The number of methoxy groups -OCH3 is 1. The van der Waals surface area contributed by atoms with Gasteiger partial charge in [-0.25, -0.2) is 0 Å². The third-order valence-corrected chi connectivity index (χ3v) is 4.95. The average molecular weight is 354 g/mol. The third kappa shape index (κ3) is 6.51. The molecule has 1 aromatic rings. The summed E-state index contributed by atoms with van der Waals surface area (Å²) in [5.41, 5.74) is 1.77. The van der Waals surface area contributed by atoms with Gasteiger partial charge in [-0.2, -0.15) is 11.8 Å². The molecule has 0 radical (unpaired) electrons. The number of allylic oxidation sites excluding steroid dienone is 1. The molecule has 0 saturated heterocycles. The lowest BCUT2D eigenvalue weighted by molar-refractivity contribution is -0.108. The van der Waals surface area contributed by atoms with Gasteiger partial charge in [-0.05, 0) is 42.7 Å². The molecular weight excluding hydrogens is 326 g/mol. The molecule has 23 heavy (non-hydrogen) atoms. The van der Waals surface area contributed by atoms with Crippen molar-refractivity contribution in [3.63, 3.8) is 0 Å². The van der Waals surface area contributed by atoms with Crippen LogP contribution in [0.1, 0.15) is 27.2 Å². The third-order valence-electron chi connectivity index (χ3n) is 3.26. The number of ether oxygens (including phenoxy) is 1. The molecule has 0 aromatic heterocycles. The molecule has 1 rings (SSSR count). The van der Waals surface area contributed by atoms with Crippen LogP contribution in [-0.2, 0) is 4.79 Å². The summed E-state index contributed by atoms with van der Waals surface area (Å²) in [7, 11) is 1.66. The Kier molecular flexibility index (Phi) is 9.96. The smallest absolute Gasteiger partial charge is 0.235 e. The maximum Gasteiger partial charge on any atom is 0.235 e. The first-order valence-electron chi connectivity index (χ1n) is 8.04. The summed E-state index contributed by atoms with van der Waals surface area (Å²) in [6, 6.07) is 7.87. The maximum atomic E-state index is 12.6. The van der Waals surface area contributed by atoms with Crippen LogP contribution < -0.4 is 9.64 Å². The van der Waals surface area contributed by atoms with Crippen molar-refractivity contribution in [3.05, 3.63) is 36.0 Å². The predicted molar refractivity (Wildman–Crippen MR) is 105 cm³/mol. The van der Waals surface area contributed by atoms with Gasteiger partial charge in [-0.15, -0.1) is 0 Å². The number of carbonyl (C=O) groups is 1. The number of benzene rings is 1. The molecule has 3 nitrogen and oxygen atoms in total. The molecular formula is C18H27NO2S2. The summed E-state index contributed by atoms with van der Waals surface area (Å²) in [6.45, 7) is 6.98. The highest BCUT2D eigenvalue weighted by atomic mass is 32.2. The number of thioether (sulfide) groups is 2. The van der Waals surface area contributed by atoms with E-state index in [4.69, 9.17) is 4.74 Å². The van der Waals surface area contributed by atoms with E-state index in [1.807, 2.05) is 43.0 Å². The lowest BCUT2D eigenvalue weighted by Crippen LogP contribution is -2.26. The van der Waals surface area contributed by atoms with Crippen LogP contribution in [0.3, 0.4) is 0 Å². The van der Waals surface area contributed by atoms with Crippen molar-refractivity contribution in [3.8, 4) is 5.75 Å². The zero-order valence-electron chi connectivity index (χ0n) is 14.5. The molecule has 5 heteroatoms. The SMILES string of the molecule is CCSCC/C=C(\C(=O)SCC)N(CC)c1cccc(OC)c1. The van der Waals surface area contributed by atoms with E-state index in [9.17, 15) is 4.79 Å². The number of anilines is 1. The van der Waals surface area contributed by atoms with Gasteiger partial charge in [0, 0.05) is 18.3 Å². The van der Waals surface area contributed by atoms with Gasteiger partial charge in [0.05, 0.1) is 12.8 Å². The molecule has 128 valence electrons. The van der Waals surface area contributed by atoms with E-state index in [1.165, 1.54) is 11.8 Å². The molecule has 0 spiro atoms. The van der Waals surface area contributed by atoms with E-state index in [-0.39, 0.29) is 5.12 Å². The summed E-state index contributed by atoms with van der Waals surface area (Å²) in [5.74, 6) is 3.74. The van der Waals surface area contributed by atoms with Crippen molar-refractivity contribution in [1.29, 1.82) is 0 Å². The van der Waals surface area contributed by atoms with Gasteiger partial charge < -0.3 is 9.64 Å². The van der Waals surface area contributed by atoms with E-state index in [0.29, 0.717) is 0 Å². The van der Waals surface area contributed by atoms with Crippen LogP contribution in [0.5, 0.6) is 5.75 Å². The molecule has 0 unspecified atom stereocenters. The molecule has 0 amide bonds. The summed E-state index contributed by atoms with van der Waals surface area (Å²) in [4.78, 5) is 14.6. The zero-order valence-corrected chi connectivity index (χ0v) is 16.1. The minimum Gasteiger partial charge on any atom is -0.497 e. The molecule has 0 atom stereocenters. The molecule has 0 N–H and O–H groups in total. The molecule has 0 aliphatic carbocycles. The Bertz CT molecular complexity index is 517. The van der Waals surface area contributed by atoms with E-state index in [2.05, 4.69) is 24.8 Å². The van der Waals surface area contributed by atoms with Crippen molar-refractivity contribution in [1.82, 2.24) is 0 Å². The van der Waals surface area contributed by atoms with Crippen LogP contribution >= 0.6 is 23.5 Å². The number of hydrogen-bond donors (Lipinski definition) is 0. The summed E-state index contributed by atoms with van der Waals surface area (Å²) < 4.78 is 5.31. The Morgan fingerprint density at radius 3 is 2.65 bits per heavy atom. The fourth-order valence-corrected chi connectivity index (χ4v) is 3.38. The largest absolute Gasteiger partial charge is 0.497 e. The lowest BCUT2D eigenvalue weighted by atomic mass is 10.2. The highest BCUT2D eigenvalue weighted by Crippen LogP contribution is 2.26. The van der Waals surface area contributed by atoms with E-state index in [0.717, 1.165) is 47.4 Å². The summed E-state index contributed by atoms with van der Waals surface area (Å²) >= 11 is 3.26. The molecule has 0 heterocycles. The average Bonchev–Trinajstić information content (AvgIpc) is 2.58. The summed E-state index contributed by atoms with van der Waals surface area (Å²) in [6.07, 6.45) is 2.99. The van der Waals surface area contributed by atoms with Gasteiger partial charge in [-0.1, -0.05) is 37.8 Å². The van der Waals surface area contributed by atoms with Crippen LogP contribution in [0.2, 0.25) is 0 Å². The van der Waals surface area contributed by atoms with Crippen LogP contribution in [0.4, 0.5) is 5.69 Å². The topological polar surface area (TPSA) is 29.5 Å². The van der Waals surface area contributed by atoms with E-state index in [1.54, 1.807) is 7.11 Å². The van der Waals surface area contributed by atoms with Crippen LogP contribution in [-0.4, -0.2) is 36.0 Å². The second kappa shape index (κ2) is 11.5. The van der Waals surface area contributed by atoms with Crippen LogP contribution in [0.25, 0.3) is 0 Å². The van der Waals surface area contributed by atoms with Crippen molar-refractivity contribution < 1.29 is 9.53 Å². The Labute approximate surface area is 148 Å². The van der Waals surface area contributed by atoms with Gasteiger partial charge in [0.25, 0.3) is 0 Å². The Morgan fingerprint density at radius 1 is 1.26 bits per heavy atom. The number of likely N-dealkylation sites (N-methyl/N-ethyl adjacent to an activating group) is 1. The number of nitrogens with zero attached hydrogens (tertiary/aromatic N) is 1. The molecule has 0 bridgehead atoms. The molecule has 1 aromatic carbocycles. The van der Waals surface area contributed by atoms with Gasteiger partial charge in [0.15, 0.2) is 0 Å². The fraction of sp³-hybridized carbons (Fsp3) is 0.500. The lowest BCUT2D eigenvalue weighted by Gasteiger charge is -2.25. The number of carbonyl (C=O) groups excluding carboxylic acids is 1. The monoisotopic (exact) mass is 353 g/mol. The van der Waals surface area contributed by atoms with Crippen molar-refractivity contribution in [2.24, 2.45) is 0 Å².